The Kier molecular flexibility index (Phi) is 5.23. The Morgan fingerprint density at radius 3 is 2.67 bits per heavy atom. The van der Waals surface area contributed by atoms with E-state index in [9.17, 15) is 9.59 Å². The van der Waals surface area contributed by atoms with Crippen molar-refractivity contribution in [1.82, 2.24) is 4.98 Å². The molecule has 0 radical (unpaired) electrons. The summed E-state index contributed by atoms with van der Waals surface area (Å²) >= 11 is 0. The first kappa shape index (κ1) is 19.0. The molecular formula is C20H25N2O5+. The predicted molar refractivity (Wildman–Crippen MR) is 98.6 cm³/mol. The number of ketones is 1. The molecule has 2 atom stereocenters. The molecule has 27 heavy (non-hydrogen) atoms. The standard InChI is InChI=1S/C20H24N2O5/c1-11-17(20(24)25-5)12(2)21-18(11)19(23)13(3)22(4)9-14-6-7-15-16(8-14)27-10-26-15/h6-8,13,21H,9-10H2,1-5H3/p+1/t13-/m0/s1. The number of benzene rings is 1. The van der Waals surface area contributed by atoms with E-state index in [-0.39, 0.29) is 18.6 Å². The van der Waals surface area contributed by atoms with Crippen LogP contribution in [0.5, 0.6) is 11.5 Å². The third-order valence-corrected chi connectivity index (χ3v) is 5.13. The maximum Gasteiger partial charge on any atom is 0.339 e. The summed E-state index contributed by atoms with van der Waals surface area (Å²) in [5.41, 5.74) is 3.23. The number of esters is 1. The van der Waals surface area contributed by atoms with Crippen molar-refractivity contribution in [2.45, 2.75) is 33.4 Å². The van der Waals surface area contributed by atoms with Crippen LogP contribution in [0.3, 0.4) is 0 Å². The number of carbonyl (C=O) groups is 2. The lowest BCUT2D eigenvalue weighted by atomic mass is 10.0. The number of aromatic nitrogens is 1. The molecule has 0 amide bonds. The van der Waals surface area contributed by atoms with E-state index in [1.807, 2.05) is 32.2 Å². The topological polar surface area (TPSA) is 82.1 Å². The monoisotopic (exact) mass is 373 g/mol. The average molecular weight is 373 g/mol. The summed E-state index contributed by atoms with van der Waals surface area (Å²) in [5.74, 6) is 1.00. The fourth-order valence-corrected chi connectivity index (χ4v) is 3.37. The molecule has 144 valence electrons. The molecule has 0 saturated carbocycles. The quantitative estimate of drug-likeness (QED) is 0.591. The van der Waals surface area contributed by atoms with Gasteiger partial charge in [0.25, 0.3) is 0 Å². The molecule has 7 heteroatoms. The van der Waals surface area contributed by atoms with Crippen LogP contribution < -0.4 is 14.4 Å². The lowest BCUT2D eigenvalue weighted by Gasteiger charge is -2.21. The summed E-state index contributed by atoms with van der Waals surface area (Å²) in [7, 11) is 3.31. The van der Waals surface area contributed by atoms with Gasteiger partial charge in [-0.3, -0.25) is 4.79 Å². The van der Waals surface area contributed by atoms with Crippen molar-refractivity contribution in [1.29, 1.82) is 0 Å². The zero-order chi connectivity index (χ0) is 19.7. The Labute approximate surface area is 158 Å². The fraction of sp³-hybridized carbons (Fsp3) is 0.400. The summed E-state index contributed by atoms with van der Waals surface area (Å²) in [6.45, 7) is 6.32. The van der Waals surface area contributed by atoms with E-state index >= 15 is 0 Å². The van der Waals surface area contributed by atoms with E-state index < -0.39 is 5.97 Å². The molecule has 1 aliphatic heterocycles. The lowest BCUT2D eigenvalue weighted by molar-refractivity contribution is -0.907. The molecular weight excluding hydrogens is 348 g/mol. The second-order valence-corrected chi connectivity index (χ2v) is 6.91. The van der Waals surface area contributed by atoms with Gasteiger partial charge in [-0.05, 0) is 44.5 Å². The minimum Gasteiger partial charge on any atom is -0.465 e. The van der Waals surface area contributed by atoms with E-state index in [2.05, 4.69) is 4.98 Å². The molecule has 0 aliphatic carbocycles. The Hall–Kier alpha value is -2.80. The van der Waals surface area contributed by atoms with Gasteiger partial charge in [-0.15, -0.1) is 0 Å². The molecule has 2 heterocycles. The highest BCUT2D eigenvalue weighted by atomic mass is 16.7. The molecule has 3 rings (SSSR count). The van der Waals surface area contributed by atoms with Gasteiger partial charge in [-0.2, -0.15) is 0 Å². The third-order valence-electron chi connectivity index (χ3n) is 5.13. The summed E-state index contributed by atoms with van der Waals surface area (Å²) in [4.78, 5) is 29.1. The number of aryl methyl sites for hydroxylation is 1. The first-order chi connectivity index (χ1) is 12.8. The number of carbonyl (C=O) groups excluding carboxylic acids is 2. The molecule has 1 unspecified atom stereocenters. The first-order valence-corrected chi connectivity index (χ1v) is 8.86. The van der Waals surface area contributed by atoms with Crippen molar-refractivity contribution in [3.63, 3.8) is 0 Å². The van der Waals surface area contributed by atoms with E-state index in [0.29, 0.717) is 29.1 Å². The Morgan fingerprint density at radius 1 is 1.26 bits per heavy atom. The van der Waals surface area contributed by atoms with E-state index in [1.165, 1.54) is 7.11 Å². The minimum absolute atomic E-state index is 0.0380. The average Bonchev–Trinajstić information content (AvgIpc) is 3.23. The van der Waals surface area contributed by atoms with Gasteiger partial charge in [0.15, 0.2) is 17.5 Å². The fourth-order valence-electron chi connectivity index (χ4n) is 3.37. The van der Waals surface area contributed by atoms with E-state index in [1.54, 1.807) is 13.8 Å². The number of H-pyrrole nitrogens is 1. The van der Waals surface area contributed by atoms with E-state index in [0.717, 1.165) is 22.0 Å². The number of rotatable bonds is 6. The highest BCUT2D eigenvalue weighted by molar-refractivity contribution is 6.03. The number of aromatic amines is 1. The van der Waals surface area contributed by atoms with Crippen LogP contribution >= 0.6 is 0 Å². The van der Waals surface area contributed by atoms with Gasteiger partial charge in [-0.1, -0.05) is 0 Å². The van der Waals surface area contributed by atoms with Crippen molar-refractivity contribution >= 4 is 11.8 Å². The van der Waals surface area contributed by atoms with Gasteiger partial charge in [-0.25, -0.2) is 4.79 Å². The van der Waals surface area contributed by atoms with Crippen LogP contribution in [0, 0.1) is 13.8 Å². The largest absolute Gasteiger partial charge is 0.465 e. The Balaban J connectivity index is 1.76. The third kappa shape index (κ3) is 3.55. The van der Waals surface area contributed by atoms with Gasteiger partial charge >= 0.3 is 5.97 Å². The molecule has 0 fully saturated rings. The summed E-state index contributed by atoms with van der Waals surface area (Å²) in [6.07, 6.45) is 0. The van der Waals surface area contributed by atoms with Crippen LogP contribution in [0.25, 0.3) is 0 Å². The number of hydrogen-bond acceptors (Lipinski definition) is 5. The Bertz CT molecular complexity index is 887. The maximum absolute atomic E-state index is 13.0. The highest BCUT2D eigenvalue weighted by Gasteiger charge is 2.29. The van der Waals surface area contributed by atoms with Gasteiger partial charge in [0, 0.05) is 11.3 Å². The summed E-state index contributed by atoms with van der Waals surface area (Å²) < 4.78 is 15.6. The molecule has 0 saturated heterocycles. The van der Waals surface area contributed by atoms with Gasteiger partial charge in [0.1, 0.15) is 6.54 Å². The molecule has 2 aromatic rings. The molecule has 2 N–H and O–H groups in total. The van der Waals surface area contributed by atoms with Gasteiger partial charge in [0.05, 0.1) is 25.4 Å². The lowest BCUT2D eigenvalue weighted by Crippen LogP contribution is -3.12. The highest BCUT2D eigenvalue weighted by Crippen LogP contribution is 2.32. The van der Waals surface area contributed by atoms with Crippen molar-refractivity contribution in [3.05, 3.63) is 46.3 Å². The van der Waals surface area contributed by atoms with Gasteiger partial charge in [0.2, 0.25) is 12.6 Å². The van der Waals surface area contributed by atoms with Crippen LogP contribution in [0.15, 0.2) is 18.2 Å². The van der Waals surface area contributed by atoms with Crippen molar-refractivity contribution in [2.75, 3.05) is 21.0 Å². The zero-order valence-corrected chi connectivity index (χ0v) is 16.3. The van der Waals surface area contributed by atoms with Crippen LogP contribution in [-0.2, 0) is 11.3 Å². The second kappa shape index (κ2) is 7.44. The van der Waals surface area contributed by atoms with E-state index in [4.69, 9.17) is 14.2 Å². The number of likely N-dealkylation sites (N-methyl/N-ethyl adjacent to an activating group) is 1. The zero-order valence-electron chi connectivity index (χ0n) is 16.3. The predicted octanol–water partition coefficient (Wildman–Crippen LogP) is 1.43. The normalized spacial score (nSPS) is 14.7. The number of hydrogen-bond donors (Lipinski definition) is 2. The summed E-state index contributed by atoms with van der Waals surface area (Å²) in [6, 6.07) is 5.52. The molecule has 0 spiro atoms. The number of methoxy groups -OCH3 is 1. The molecule has 1 aromatic carbocycles. The number of Topliss-reactive ketones (excluding diaryl/α,β-unsaturated/α-hetero) is 1. The Morgan fingerprint density at radius 2 is 1.96 bits per heavy atom. The smallest absolute Gasteiger partial charge is 0.339 e. The van der Waals surface area contributed by atoms with Gasteiger partial charge < -0.3 is 24.1 Å². The van der Waals surface area contributed by atoms with Crippen LogP contribution in [0.2, 0.25) is 0 Å². The number of quaternary nitrogens is 1. The molecule has 7 nitrogen and oxygen atoms in total. The number of nitrogens with one attached hydrogen (secondary N) is 2. The van der Waals surface area contributed by atoms with Crippen molar-refractivity contribution in [2.24, 2.45) is 0 Å². The number of fused-ring (bicyclic) bond motifs is 1. The molecule has 0 bridgehead atoms. The van der Waals surface area contributed by atoms with Crippen molar-refractivity contribution in [3.8, 4) is 11.5 Å². The van der Waals surface area contributed by atoms with Crippen LogP contribution in [0.4, 0.5) is 0 Å². The maximum atomic E-state index is 13.0. The molecule has 1 aliphatic rings. The minimum atomic E-state index is -0.436. The molecule has 1 aromatic heterocycles. The van der Waals surface area contributed by atoms with Crippen LogP contribution in [0.1, 0.15) is 44.6 Å². The number of ether oxygens (including phenoxy) is 3. The second-order valence-electron chi connectivity index (χ2n) is 6.91. The van der Waals surface area contributed by atoms with Crippen LogP contribution in [-0.4, -0.2) is 43.7 Å². The summed E-state index contributed by atoms with van der Waals surface area (Å²) in [5, 5.41) is 0. The SMILES string of the molecule is COC(=O)c1c(C)[nH]c(C(=O)[C@H](C)[NH+](C)Cc2ccc3c(c2)OCO3)c1C. The van der Waals surface area contributed by atoms with Crippen molar-refractivity contribution < 1.29 is 28.7 Å². The first-order valence-electron chi connectivity index (χ1n) is 8.86.